The van der Waals surface area contributed by atoms with Crippen molar-refractivity contribution in [1.82, 2.24) is 14.8 Å². The molecule has 0 unspecified atom stereocenters. The summed E-state index contributed by atoms with van der Waals surface area (Å²) in [5, 5.41) is 0. The average Bonchev–Trinajstić information content (AvgIpc) is 2.83. The van der Waals surface area contributed by atoms with Crippen molar-refractivity contribution in [3.63, 3.8) is 0 Å². The summed E-state index contributed by atoms with van der Waals surface area (Å²) in [5.41, 5.74) is 1.05. The molecule has 1 amide bonds. The number of hydrogen-bond acceptors (Lipinski definition) is 6. The number of carbonyl (C=O) groups is 2. The molecular formula is C15H19N3O4S. The van der Waals surface area contributed by atoms with Crippen LogP contribution in [0.5, 0.6) is 0 Å². The lowest BCUT2D eigenvalue weighted by molar-refractivity contribution is -0.147. The Kier molecular flexibility index (Phi) is 4.20. The van der Waals surface area contributed by atoms with Crippen LogP contribution in [0.15, 0.2) is 24.5 Å². The third-order valence-corrected chi connectivity index (χ3v) is 6.19. The molecule has 3 heterocycles. The van der Waals surface area contributed by atoms with Gasteiger partial charge in [-0.3, -0.25) is 19.5 Å². The number of fused-ring (bicyclic) bond motifs is 1. The van der Waals surface area contributed by atoms with Gasteiger partial charge in [-0.1, -0.05) is 0 Å². The fourth-order valence-corrected chi connectivity index (χ4v) is 5.41. The zero-order valence-corrected chi connectivity index (χ0v) is 13.7. The molecule has 0 aromatic carbocycles. The highest BCUT2D eigenvalue weighted by Crippen LogP contribution is 2.28. The van der Waals surface area contributed by atoms with Gasteiger partial charge in [-0.15, -0.1) is 0 Å². The van der Waals surface area contributed by atoms with Crippen LogP contribution in [0, 0.1) is 0 Å². The molecule has 0 bridgehead atoms. The number of carbonyl (C=O) groups excluding carboxylic acids is 2. The Morgan fingerprint density at radius 1 is 1.17 bits per heavy atom. The SMILES string of the molecule is CC(=O)C(=O)N1CCN(Cc2ccncc2)[C@@H]2CS(=O)(=O)C[C@@H]21. The smallest absolute Gasteiger partial charge is 0.290 e. The summed E-state index contributed by atoms with van der Waals surface area (Å²) in [6.07, 6.45) is 3.40. The molecule has 0 N–H and O–H groups in total. The van der Waals surface area contributed by atoms with Gasteiger partial charge in [-0.2, -0.15) is 0 Å². The maximum Gasteiger partial charge on any atom is 0.290 e. The molecule has 3 rings (SSSR count). The molecule has 2 fully saturated rings. The molecule has 2 saturated heterocycles. The van der Waals surface area contributed by atoms with Crippen LogP contribution in [-0.2, 0) is 26.0 Å². The van der Waals surface area contributed by atoms with Crippen molar-refractivity contribution in [3.05, 3.63) is 30.1 Å². The van der Waals surface area contributed by atoms with E-state index in [9.17, 15) is 18.0 Å². The van der Waals surface area contributed by atoms with Gasteiger partial charge in [0.1, 0.15) is 0 Å². The Hall–Kier alpha value is -1.80. The number of sulfone groups is 1. The van der Waals surface area contributed by atoms with Crippen LogP contribution in [-0.4, -0.2) is 71.6 Å². The molecule has 0 aliphatic carbocycles. The van der Waals surface area contributed by atoms with E-state index in [0.717, 1.165) is 5.56 Å². The minimum absolute atomic E-state index is 0.0322. The maximum atomic E-state index is 12.1. The number of nitrogens with zero attached hydrogens (tertiary/aromatic N) is 3. The predicted molar refractivity (Wildman–Crippen MR) is 83.3 cm³/mol. The van der Waals surface area contributed by atoms with E-state index in [1.54, 1.807) is 12.4 Å². The minimum Gasteiger partial charge on any atom is -0.329 e. The van der Waals surface area contributed by atoms with Gasteiger partial charge in [-0.25, -0.2) is 8.42 Å². The van der Waals surface area contributed by atoms with E-state index in [0.29, 0.717) is 19.6 Å². The van der Waals surface area contributed by atoms with Crippen molar-refractivity contribution >= 4 is 21.5 Å². The largest absolute Gasteiger partial charge is 0.329 e. The number of ketones is 1. The lowest BCUT2D eigenvalue weighted by Crippen LogP contribution is -2.61. The summed E-state index contributed by atoms with van der Waals surface area (Å²) in [7, 11) is -3.21. The van der Waals surface area contributed by atoms with Crippen LogP contribution < -0.4 is 0 Å². The molecular weight excluding hydrogens is 318 g/mol. The first-order chi connectivity index (χ1) is 10.9. The Labute approximate surface area is 135 Å². The van der Waals surface area contributed by atoms with Crippen molar-refractivity contribution in [3.8, 4) is 0 Å². The monoisotopic (exact) mass is 337 g/mol. The van der Waals surface area contributed by atoms with Crippen LogP contribution in [0.3, 0.4) is 0 Å². The average molecular weight is 337 g/mol. The summed E-state index contributed by atoms with van der Waals surface area (Å²) >= 11 is 0. The Balaban J connectivity index is 1.84. The standard InChI is InChI=1S/C15H19N3O4S/c1-11(19)15(20)18-7-6-17(8-12-2-4-16-5-3-12)13-9-23(21,22)10-14(13)18/h2-5,13-14H,6-10H2,1H3/t13-,14+/m1/s1. The van der Waals surface area contributed by atoms with Gasteiger partial charge in [0, 0.05) is 45.0 Å². The second-order valence-corrected chi connectivity index (χ2v) is 8.25. The first-order valence-electron chi connectivity index (χ1n) is 7.52. The number of aromatic nitrogens is 1. The van der Waals surface area contributed by atoms with E-state index in [4.69, 9.17) is 0 Å². The molecule has 1 aromatic rings. The van der Waals surface area contributed by atoms with E-state index in [2.05, 4.69) is 9.88 Å². The number of Topliss-reactive ketones (excluding diaryl/α,β-unsaturated/α-hetero) is 1. The van der Waals surface area contributed by atoms with Crippen molar-refractivity contribution < 1.29 is 18.0 Å². The first kappa shape index (κ1) is 16.1. The van der Waals surface area contributed by atoms with Crippen LogP contribution in [0.2, 0.25) is 0 Å². The van der Waals surface area contributed by atoms with Gasteiger partial charge < -0.3 is 4.90 Å². The molecule has 1 aromatic heterocycles. The van der Waals surface area contributed by atoms with Crippen molar-refractivity contribution in [2.45, 2.75) is 25.6 Å². The van der Waals surface area contributed by atoms with E-state index in [1.165, 1.54) is 11.8 Å². The Morgan fingerprint density at radius 2 is 1.83 bits per heavy atom. The van der Waals surface area contributed by atoms with Gasteiger partial charge >= 0.3 is 0 Å². The van der Waals surface area contributed by atoms with Gasteiger partial charge in [0.2, 0.25) is 5.78 Å². The summed E-state index contributed by atoms with van der Waals surface area (Å²) in [6.45, 7) is 2.77. The number of piperazine rings is 1. The summed E-state index contributed by atoms with van der Waals surface area (Å²) in [4.78, 5) is 31.0. The van der Waals surface area contributed by atoms with Gasteiger partial charge in [0.25, 0.3) is 5.91 Å². The molecule has 0 radical (unpaired) electrons. The Bertz CT molecular complexity index is 719. The number of hydrogen-bond donors (Lipinski definition) is 0. The summed E-state index contributed by atoms with van der Waals surface area (Å²) in [5.74, 6) is -1.16. The van der Waals surface area contributed by atoms with Crippen LogP contribution in [0.4, 0.5) is 0 Å². The van der Waals surface area contributed by atoms with Crippen molar-refractivity contribution in [2.24, 2.45) is 0 Å². The van der Waals surface area contributed by atoms with Gasteiger partial charge in [0.05, 0.1) is 17.5 Å². The van der Waals surface area contributed by atoms with E-state index in [-0.39, 0.29) is 17.5 Å². The molecule has 23 heavy (non-hydrogen) atoms. The summed E-state index contributed by atoms with van der Waals surface area (Å²) < 4.78 is 24.1. The first-order valence-corrected chi connectivity index (χ1v) is 9.34. The van der Waals surface area contributed by atoms with E-state index >= 15 is 0 Å². The fourth-order valence-electron chi connectivity index (χ4n) is 3.40. The molecule has 8 heteroatoms. The van der Waals surface area contributed by atoms with Gasteiger partial charge in [-0.05, 0) is 17.7 Å². The predicted octanol–water partition coefficient (Wildman–Crippen LogP) is -0.520. The van der Waals surface area contributed by atoms with Crippen LogP contribution >= 0.6 is 0 Å². The number of pyridine rings is 1. The number of amides is 1. The topological polar surface area (TPSA) is 87.7 Å². The van der Waals surface area contributed by atoms with Crippen LogP contribution in [0.25, 0.3) is 0 Å². The molecule has 0 saturated carbocycles. The second-order valence-electron chi connectivity index (χ2n) is 6.09. The highest BCUT2D eigenvalue weighted by Gasteiger charge is 2.48. The molecule has 7 nitrogen and oxygen atoms in total. The van der Waals surface area contributed by atoms with Crippen molar-refractivity contribution in [1.29, 1.82) is 0 Å². The molecule has 2 aliphatic heterocycles. The second kappa shape index (κ2) is 6.01. The molecule has 2 atom stereocenters. The molecule has 2 aliphatic rings. The normalized spacial score (nSPS) is 26.7. The van der Waals surface area contributed by atoms with Gasteiger partial charge in [0.15, 0.2) is 9.84 Å². The van der Waals surface area contributed by atoms with Crippen LogP contribution in [0.1, 0.15) is 12.5 Å². The highest BCUT2D eigenvalue weighted by atomic mass is 32.2. The zero-order valence-electron chi connectivity index (χ0n) is 12.9. The lowest BCUT2D eigenvalue weighted by atomic mass is 10.0. The zero-order chi connectivity index (χ0) is 16.6. The lowest BCUT2D eigenvalue weighted by Gasteiger charge is -2.43. The third kappa shape index (κ3) is 3.28. The number of rotatable bonds is 3. The third-order valence-electron chi connectivity index (χ3n) is 4.49. The molecule has 0 spiro atoms. The van der Waals surface area contributed by atoms with Crippen molar-refractivity contribution in [2.75, 3.05) is 24.6 Å². The fraction of sp³-hybridized carbons (Fsp3) is 0.533. The molecule has 124 valence electrons. The summed E-state index contributed by atoms with van der Waals surface area (Å²) in [6, 6.07) is 3.09. The van der Waals surface area contributed by atoms with E-state index in [1.807, 2.05) is 12.1 Å². The van der Waals surface area contributed by atoms with E-state index < -0.39 is 27.6 Å². The Morgan fingerprint density at radius 3 is 2.48 bits per heavy atom. The highest BCUT2D eigenvalue weighted by molar-refractivity contribution is 7.91. The maximum absolute atomic E-state index is 12.1. The minimum atomic E-state index is -3.21. The quantitative estimate of drug-likeness (QED) is 0.690.